The van der Waals surface area contributed by atoms with E-state index in [1.54, 1.807) is 11.8 Å². The molecule has 0 saturated heterocycles. The highest BCUT2D eigenvalue weighted by Gasteiger charge is 2.20. The van der Waals surface area contributed by atoms with Gasteiger partial charge in [-0.15, -0.1) is 23.5 Å². The Morgan fingerprint density at radius 2 is 1.65 bits per heavy atom. The van der Waals surface area contributed by atoms with E-state index in [2.05, 4.69) is 10.6 Å². The quantitative estimate of drug-likeness (QED) is 0.755. The molecule has 17 heavy (non-hydrogen) atoms. The normalized spacial score (nSPS) is 18.6. The van der Waals surface area contributed by atoms with Gasteiger partial charge in [-0.1, -0.05) is 0 Å². The summed E-state index contributed by atoms with van der Waals surface area (Å²) in [7, 11) is 0. The van der Waals surface area contributed by atoms with E-state index in [0.29, 0.717) is 12.2 Å². The van der Waals surface area contributed by atoms with Gasteiger partial charge in [-0.3, -0.25) is 9.59 Å². The molecule has 3 rings (SSSR count). The lowest BCUT2D eigenvalue weighted by Crippen LogP contribution is -2.19. The van der Waals surface area contributed by atoms with Crippen LogP contribution in [0.1, 0.15) is 6.42 Å². The number of fused-ring (bicyclic) bond motifs is 2. The van der Waals surface area contributed by atoms with E-state index in [0.717, 1.165) is 26.9 Å². The molecule has 0 fully saturated rings. The van der Waals surface area contributed by atoms with Gasteiger partial charge >= 0.3 is 0 Å². The minimum Gasteiger partial charge on any atom is -0.325 e. The van der Waals surface area contributed by atoms with Crippen LogP contribution in [-0.4, -0.2) is 23.3 Å². The molecule has 2 aliphatic heterocycles. The minimum absolute atomic E-state index is 0.00931. The molecule has 0 aliphatic carbocycles. The van der Waals surface area contributed by atoms with Crippen molar-refractivity contribution < 1.29 is 9.59 Å². The molecule has 0 unspecified atom stereocenters. The zero-order valence-corrected chi connectivity index (χ0v) is 10.5. The van der Waals surface area contributed by atoms with Crippen molar-refractivity contribution >= 4 is 46.7 Å². The summed E-state index contributed by atoms with van der Waals surface area (Å²) < 4.78 is 0. The van der Waals surface area contributed by atoms with E-state index in [-0.39, 0.29) is 11.8 Å². The van der Waals surface area contributed by atoms with E-state index in [9.17, 15) is 9.59 Å². The Labute approximate surface area is 107 Å². The Kier molecular flexibility index (Phi) is 2.76. The monoisotopic (exact) mass is 266 g/mol. The molecular formula is C11H10N2O2S2. The lowest BCUT2D eigenvalue weighted by molar-refractivity contribution is -0.116. The van der Waals surface area contributed by atoms with Gasteiger partial charge in [0.15, 0.2) is 0 Å². The summed E-state index contributed by atoms with van der Waals surface area (Å²) in [5, 5.41) is 5.69. The fourth-order valence-corrected chi connectivity index (χ4v) is 3.67. The zero-order valence-electron chi connectivity index (χ0n) is 8.91. The van der Waals surface area contributed by atoms with Crippen LogP contribution in [0.3, 0.4) is 0 Å². The van der Waals surface area contributed by atoms with Crippen molar-refractivity contribution in [3.63, 3.8) is 0 Å². The number of thioether (sulfide) groups is 2. The van der Waals surface area contributed by atoms with Gasteiger partial charge < -0.3 is 10.6 Å². The maximum absolute atomic E-state index is 11.5. The molecule has 0 saturated carbocycles. The topological polar surface area (TPSA) is 58.2 Å². The van der Waals surface area contributed by atoms with Gasteiger partial charge in [-0.2, -0.15) is 0 Å². The second-order valence-electron chi connectivity index (χ2n) is 3.83. The standard InChI is InChI=1S/C11H10N2O2S2/c14-10-1-2-16-8-4-9-7(3-6(8)12-10)13-11(15)5-17-9/h3-4H,1-2,5H2,(H,12,14)(H,13,15). The average molecular weight is 266 g/mol. The third-order valence-electron chi connectivity index (χ3n) is 2.58. The number of benzene rings is 1. The molecule has 2 heterocycles. The Morgan fingerprint density at radius 3 is 2.47 bits per heavy atom. The molecule has 88 valence electrons. The Hall–Kier alpha value is -1.14. The predicted molar refractivity (Wildman–Crippen MR) is 69.8 cm³/mol. The Balaban J connectivity index is 2.04. The predicted octanol–water partition coefficient (Wildman–Crippen LogP) is 2.17. The van der Waals surface area contributed by atoms with Crippen LogP contribution in [0.2, 0.25) is 0 Å². The molecule has 2 amide bonds. The number of nitrogens with one attached hydrogen (secondary N) is 2. The van der Waals surface area contributed by atoms with Crippen LogP contribution in [0.25, 0.3) is 0 Å². The third kappa shape index (κ3) is 2.14. The number of hydrogen-bond donors (Lipinski definition) is 2. The van der Waals surface area contributed by atoms with Crippen molar-refractivity contribution in [3.05, 3.63) is 12.1 Å². The van der Waals surface area contributed by atoms with Gasteiger partial charge in [-0.25, -0.2) is 0 Å². The van der Waals surface area contributed by atoms with Crippen molar-refractivity contribution in [3.8, 4) is 0 Å². The van der Waals surface area contributed by atoms with Crippen LogP contribution >= 0.6 is 23.5 Å². The van der Waals surface area contributed by atoms with Gasteiger partial charge in [-0.05, 0) is 12.1 Å². The molecule has 6 heteroatoms. The maximum atomic E-state index is 11.5. The van der Waals surface area contributed by atoms with Crippen LogP contribution in [0, 0.1) is 0 Å². The molecule has 1 aromatic carbocycles. The van der Waals surface area contributed by atoms with Gasteiger partial charge in [0.2, 0.25) is 11.8 Å². The fraction of sp³-hybridized carbons (Fsp3) is 0.273. The lowest BCUT2D eigenvalue weighted by atomic mass is 10.2. The molecule has 2 N–H and O–H groups in total. The summed E-state index contributed by atoms with van der Waals surface area (Å²) in [6, 6.07) is 3.90. The van der Waals surface area contributed by atoms with Crippen LogP contribution < -0.4 is 10.6 Å². The fourth-order valence-electron chi connectivity index (χ4n) is 1.79. The number of rotatable bonds is 0. The second-order valence-corrected chi connectivity index (χ2v) is 5.98. The Morgan fingerprint density at radius 1 is 0.941 bits per heavy atom. The van der Waals surface area contributed by atoms with Crippen LogP contribution in [0.4, 0.5) is 11.4 Å². The zero-order chi connectivity index (χ0) is 11.8. The molecule has 0 atom stereocenters. The van der Waals surface area contributed by atoms with Gasteiger partial charge in [0.25, 0.3) is 0 Å². The van der Waals surface area contributed by atoms with E-state index in [4.69, 9.17) is 0 Å². The first-order chi connectivity index (χ1) is 8.22. The summed E-state index contributed by atoms with van der Waals surface area (Å²) in [4.78, 5) is 24.9. The van der Waals surface area contributed by atoms with Gasteiger partial charge in [0, 0.05) is 22.0 Å². The minimum atomic E-state index is 0.00931. The van der Waals surface area contributed by atoms with E-state index in [1.807, 2.05) is 12.1 Å². The first-order valence-corrected chi connectivity index (χ1v) is 7.23. The molecule has 2 aliphatic rings. The number of carbonyl (C=O) groups is 2. The summed E-state index contributed by atoms with van der Waals surface area (Å²) in [5.41, 5.74) is 1.60. The summed E-state index contributed by atoms with van der Waals surface area (Å²) in [6.07, 6.45) is 0.531. The molecule has 0 spiro atoms. The number of anilines is 2. The van der Waals surface area contributed by atoms with Crippen molar-refractivity contribution in [2.45, 2.75) is 16.2 Å². The van der Waals surface area contributed by atoms with Crippen molar-refractivity contribution in [1.29, 1.82) is 0 Å². The highest BCUT2D eigenvalue weighted by atomic mass is 32.2. The molecule has 1 aromatic rings. The number of hydrogen-bond acceptors (Lipinski definition) is 4. The Bertz CT molecular complexity index is 516. The first-order valence-electron chi connectivity index (χ1n) is 5.26. The summed E-state index contributed by atoms with van der Waals surface area (Å²) >= 11 is 3.22. The molecule has 0 bridgehead atoms. The average Bonchev–Trinajstić information content (AvgIpc) is 2.46. The number of carbonyl (C=O) groups excluding carboxylic acids is 2. The number of amides is 2. The SMILES string of the molecule is O=C1CCSc2cc3c(cc2N1)NC(=O)CS3. The molecule has 0 radical (unpaired) electrons. The van der Waals surface area contributed by atoms with Crippen LogP contribution in [-0.2, 0) is 9.59 Å². The third-order valence-corrected chi connectivity index (χ3v) is 4.69. The summed E-state index contributed by atoms with van der Waals surface area (Å²) in [5.74, 6) is 1.30. The van der Waals surface area contributed by atoms with E-state index >= 15 is 0 Å². The van der Waals surface area contributed by atoms with Gasteiger partial charge in [0.1, 0.15) is 0 Å². The lowest BCUT2D eigenvalue weighted by Gasteiger charge is -2.18. The first kappa shape index (κ1) is 11.0. The highest BCUT2D eigenvalue weighted by molar-refractivity contribution is 8.00. The molecule has 0 aromatic heterocycles. The van der Waals surface area contributed by atoms with E-state index < -0.39 is 0 Å². The van der Waals surface area contributed by atoms with Crippen LogP contribution in [0.15, 0.2) is 21.9 Å². The van der Waals surface area contributed by atoms with E-state index in [1.165, 1.54) is 11.8 Å². The van der Waals surface area contributed by atoms with Crippen molar-refractivity contribution in [2.75, 3.05) is 22.1 Å². The van der Waals surface area contributed by atoms with Crippen LogP contribution in [0.5, 0.6) is 0 Å². The molecule has 4 nitrogen and oxygen atoms in total. The van der Waals surface area contributed by atoms with Crippen molar-refractivity contribution in [2.24, 2.45) is 0 Å². The highest BCUT2D eigenvalue weighted by Crippen LogP contribution is 2.40. The molecular weight excluding hydrogens is 256 g/mol. The largest absolute Gasteiger partial charge is 0.325 e. The second kappa shape index (κ2) is 4.27. The smallest absolute Gasteiger partial charge is 0.234 e. The maximum Gasteiger partial charge on any atom is 0.234 e. The summed E-state index contributed by atoms with van der Waals surface area (Å²) in [6.45, 7) is 0. The van der Waals surface area contributed by atoms with Crippen molar-refractivity contribution in [1.82, 2.24) is 0 Å². The van der Waals surface area contributed by atoms with Gasteiger partial charge in [0.05, 0.1) is 17.1 Å².